The van der Waals surface area contributed by atoms with Crippen molar-refractivity contribution in [1.29, 1.82) is 0 Å². The highest BCUT2D eigenvalue weighted by molar-refractivity contribution is 5.86. The molecule has 2 heterocycles. The fourth-order valence-electron chi connectivity index (χ4n) is 3.29. The molecule has 2 aliphatic heterocycles. The third-order valence-corrected chi connectivity index (χ3v) is 4.40. The lowest BCUT2D eigenvalue weighted by atomic mass is 9.78. The smallest absolute Gasteiger partial charge is 0.230 e. The Morgan fingerprint density at radius 2 is 2.25 bits per heavy atom. The van der Waals surface area contributed by atoms with E-state index in [2.05, 4.69) is 6.58 Å². The van der Waals surface area contributed by atoms with Gasteiger partial charge in [0.15, 0.2) is 0 Å². The largest absolute Gasteiger partial charge is 0.384 e. The number of likely N-dealkylation sites (tertiary alicyclic amines) is 2. The number of rotatable bonds is 5. The highest BCUT2D eigenvalue weighted by Gasteiger charge is 2.49. The van der Waals surface area contributed by atoms with E-state index in [-0.39, 0.29) is 17.2 Å². The molecule has 5 heteroatoms. The number of ether oxygens (including phenoxy) is 1. The number of hydrogen-bond donors (Lipinski definition) is 0. The Morgan fingerprint density at radius 1 is 1.45 bits per heavy atom. The van der Waals surface area contributed by atoms with E-state index in [1.807, 2.05) is 9.80 Å². The van der Waals surface area contributed by atoms with E-state index >= 15 is 0 Å². The number of amides is 2. The van der Waals surface area contributed by atoms with Crippen molar-refractivity contribution in [2.24, 2.45) is 5.41 Å². The SMILES string of the molecule is C=CCN1CCC2(CCCN(C(=O)CCOC)C2)C1=O. The summed E-state index contributed by atoms with van der Waals surface area (Å²) in [6, 6.07) is 0. The van der Waals surface area contributed by atoms with Gasteiger partial charge in [-0.2, -0.15) is 0 Å². The van der Waals surface area contributed by atoms with Crippen molar-refractivity contribution in [3.63, 3.8) is 0 Å². The lowest BCUT2D eigenvalue weighted by Gasteiger charge is -2.39. The van der Waals surface area contributed by atoms with Crippen LogP contribution >= 0.6 is 0 Å². The Balaban J connectivity index is 2.01. The van der Waals surface area contributed by atoms with Crippen LogP contribution in [0.5, 0.6) is 0 Å². The Kier molecular flexibility index (Phi) is 4.81. The minimum atomic E-state index is -0.343. The predicted molar refractivity (Wildman–Crippen MR) is 76.1 cm³/mol. The molecule has 0 aromatic carbocycles. The average Bonchev–Trinajstić information content (AvgIpc) is 2.75. The van der Waals surface area contributed by atoms with Crippen LogP contribution in [0.1, 0.15) is 25.7 Å². The molecular formula is C15H24N2O3. The van der Waals surface area contributed by atoms with Gasteiger partial charge in [0.25, 0.3) is 0 Å². The van der Waals surface area contributed by atoms with Gasteiger partial charge in [0.05, 0.1) is 18.4 Å². The van der Waals surface area contributed by atoms with Gasteiger partial charge in [-0.15, -0.1) is 6.58 Å². The van der Waals surface area contributed by atoms with Crippen LogP contribution in [0.15, 0.2) is 12.7 Å². The lowest BCUT2D eigenvalue weighted by molar-refractivity contribution is -0.143. The number of nitrogens with zero attached hydrogens (tertiary/aromatic N) is 2. The Morgan fingerprint density at radius 3 is 2.95 bits per heavy atom. The highest BCUT2D eigenvalue weighted by Crippen LogP contribution is 2.40. The zero-order valence-electron chi connectivity index (χ0n) is 12.3. The fourth-order valence-corrected chi connectivity index (χ4v) is 3.29. The first kappa shape index (κ1) is 15.0. The van der Waals surface area contributed by atoms with E-state index in [0.29, 0.717) is 26.1 Å². The maximum atomic E-state index is 12.6. The molecule has 2 saturated heterocycles. The van der Waals surface area contributed by atoms with Crippen LogP contribution in [-0.4, -0.2) is 61.5 Å². The number of hydrogen-bond acceptors (Lipinski definition) is 3. The van der Waals surface area contributed by atoms with Gasteiger partial charge in [0.2, 0.25) is 11.8 Å². The van der Waals surface area contributed by atoms with E-state index < -0.39 is 0 Å². The molecule has 1 spiro atoms. The van der Waals surface area contributed by atoms with Crippen molar-refractivity contribution in [1.82, 2.24) is 9.80 Å². The van der Waals surface area contributed by atoms with Gasteiger partial charge in [-0.25, -0.2) is 0 Å². The zero-order chi connectivity index (χ0) is 14.6. The van der Waals surface area contributed by atoms with E-state index in [4.69, 9.17) is 4.74 Å². The number of carbonyl (C=O) groups is 2. The number of methoxy groups -OCH3 is 1. The molecule has 112 valence electrons. The summed E-state index contributed by atoms with van der Waals surface area (Å²) in [6.45, 7) is 6.87. The topological polar surface area (TPSA) is 49.9 Å². The Bertz CT molecular complexity index is 397. The molecule has 0 radical (unpaired) electrons. The molecule has 0 N–H and O–H groups in total. The second-order valence-electron chi connectivity index (χ2n) is 5.73. The molecule has 20 heavy (non-hydrogen) atoms. The second kappa shape index (κ2) is 6.39. The molecule has 5 nitrogen and oxygen atoms in total. The monoisotopic (exact) mass is 280 g/mol. The summed E-state index contributed by atoms with van der Waals surface area (Å²) in [7, 11) is 1.60. The van der Waals surface area contributed by atoms with Gasteiger partial charge < -0.3 is 14.5 Å². The first-order valence-corrected chi connectivity index (χ1v) is 7.30. The molecule has 0 aliphatic carbocycles. The van der Waals surface area contributed by atoms with Crippen LogP contribution in [0.4, 0.5) is 0 Å². The van der Waals surface area contributed by atoms with Crippen molar-refractivity contribution in [2.45, 2.75) is 25.7 Å². The summed E-state index contributed by atoms with van der Waals surface area (Å²) in [5.74, 6) is 0.294. The second-order valence-corrected chi connectivity index (χ2v) is 5.73. The molecule has 1 atom stereocenters. The molecule has 1 unspecified atom stereocenters. The molecule has 0 aromatic rings. The van der Waals surface area contributed by atoms with Gasteiger partial charge >= 0.3 is 0 Å². The summed E-state index contributed by atoms with van der Waals surface area (Å²) in [5.41, 5.74) is -0.343. The van der Waals surface area contributed by atoms with Gasteiger partial charge in [-0.05, 0) is 19.3 Å². The minimum absolute atomic E-state index is 0.0981. The van der Waals surface area contributed by atoms with Crippen LogP contribution in [0, 0.1) is 5.41 Å². The third kappa shape index (κ3) is 2.87. The maximum absolute atomic E-state index is 12.6. The molecule has 2 rings (SSSR count). The van der Waals surface area contributed by atoms with Crippen LogP contribution in [0.3, 0.4) is 0 Å². The number of piperidine rings is 1. The van der Waals surface area contributed by atoms with Gasteiger partial charge in [0.1, 0.15) is 0 Å². The van der Waals surface area contributed by atoms with Crippen molar-refractivity contribution in [2.75, 3.05) is 39.9 Å². The first-order chi connectivity index (χ1) is 9.63. The standard InChI is InChI=1S/C15H24N2O3/c1-3-8-16-10-7-15(14(16)19)6-4-9-17(12-15)13(18)5-11-20-2/h3H,1,4-12H2,2H3. The molecule has 2 aliphatic rings. The van der Waals surface area contributed by atoms with Crippen LogP contribution in [0.25, 0.3) is 0 Å². The molecule has 0 saturated carbocycles. The fraction of sp³-hybridized carbons (Fsp3) is 0.733. The van der Waals surface area contributed by atoms with Gasteiger partial charge in [0, 0.05) is 33.3 Å². The number of carbonyl (C=O) groups excluding carboxylic acids is 2. The normalized spacial score (nSPS) is 26.4. The van der Waals surface area contributed by atoms with E-state index in [9.17, 15) is 9.59 Å². The quantitative estimate of drug-likeness (QED) is 0.707. The van der Waals surface area contributed by atoms with Crippen molar-refractivity contribution >= 4 is 11.8 Å². The van der Waals surface area contributed by atoms with E-state index in [1.54, 1.807) is 13.2 Å². The third-order valence-electron chi connectivity index (χ3n) is 4.40. The molecule has 0 bridgehead atoms. The minimum Gasteiger partial charge on any atom is -0.384 e. The predicted octanol–water partition coefficient (Wildman–Crippen LogP) is 1.05. The summed E-state index contributed by atoms with van der Waals surface area (Å²) in [4.78, 5) is 28.4. The highest BCUT2D eigenvalue weighted by atomic mass is 16.5. The molecule has 0 aromatic heterocycles. The molecule has 2 fully saturated rings. The zero-order valence-corrected chi connectivity index (χ0v) is 12.3. The molecular weight excluding hydrogens is 256 g/mol. The van der Waals surface area contributed by atoms with Gasteiger partial charge in [-0.3, -0.25) is 9.59 Å². The van der Waals surface area contributed by atoms with Crippen LogP contribution in [-0.2, 0) is 14.3 Å². The summed E-state index contributed by atoms with van der Waals surface area (Å²) < 4.78 is 4.96. The van der Waals surface area contributed by atoms with E-state index in [1.165, 1.54) is 0 Å². The average molecular weight is 280 g/mol. The van der Waals surface area contributed by atoms with Crippen LogP contribution in [0.2, 0.25) is 0 Å². The Hall–Kier alpha value is -1.36. The van der Waals surface area contributed by atoms with Crippen molar-refractivity contribution in [3.8, 4) is 0 Å². The Labute approximate surface area is 120 Å². The van der Waals surface area contributed by atoms with Crippen molar-refractivity contribution < 1.29 is 14.3 Å². The summed E-state index contributed by atoms with van der Waals surface area (Å²) >= 11 is 0. The van der Waals surface area contributed by atoms with Gasteiger partial charge in [-0.1, -0.05) is 6.08 Å². The first-order valence-electron chi connectivity index (χ1n) is 7.30. The lowest BCUT2D eigenvalue weighted by Crippen LogP contribution is -2.50. The van der Waals surface area contributed by atoms with Crippen molar-refractivity contribution in [3.05, 3.63) is 12.7 Å². The maximum Gasteiger partial charge on any atom is 0.230 e. The van der Waals surface area contributed by atoms with Crippen LogP contribution < -0.4 is 0 Å². The summed E-state index contributed by atoms with van der Waals surface area (Å²) in [5, 5.41) is 0. The summed E-state index contributed by atoms with van der Waals surface area (Å²) in [6.07, 6.45) is 4.83. The molecule has 2 amide bonds. The van der Waals surface area contributed by atoms with E-state index in [0.717, 1.165) is 32.4 Å².